The van der Waals surface area contributed by atoms with Gasteiger partial charge in [0.15, 0.2) is 0 Å². The molecule has 2 N–H and O–H groups in total. The molecule has 216 valence electrons. The monoisotopic (exact) mass is 564 g/mol. The van der Waals surface area contributed by atoms with E-state index in [-0.39, 0.29) is 5.91 Å². The first-order chi connectivity index (χ1) is 20.4. The van der Waals surface area contributed by atoms with E-state index in [1.54, 1.807) is 5.48 Å². The van der Waals surface area contributed by atoms with Crippen molar-refractivity contribution in [2.24, 2.45) is 11.3 Å². The number of amides is 2. The Hall–Kier alpha value is -4.27. The third kappa shape index (κ3) is 5.47. The highest BCUT2D eigenvalue weighted by molar-refractivity contribution is 5.96. The van der Waals surface area contributed by atoms with E-state index < -0.39 is 17.2 Å². The van der Waals surface area contributed by atoms with Gasteiger partial charge in [0.1, 0.15) is 12.4 Å². The Morgan fingerprint density at radius 1 is 1.05 bits per heavy atom. The van der Waals surface area contributed by atoms with Crippen molar-refractivity contribution in [3.05, 3.63) is 96.1 Å². The number of pyridine rings is 1. The topological polar surface area (TPSA) is 95.0 Å². The molecule has 1 aliphatic carbocycles. The summed E-state index contributed by atoms with van der Waals surface area (Å²) >= 11 is 0. The second-order valence-electron chi connectivity index (χ2n) is 11.7. The van der Waals surface area contributed by atoms with Crippen LogP contribution in [0.15, 0.2) is 84.9 Å². The predicted molar refractivity (Wildman–Crippen MR) is 161 cm³/mol. The molecular formula is C34H36N4O4. The van der Waals surface area contributed by atoms with E-state index in [4.69, 9.17) is 9.72 Å². The SMILES string of the molecule is CN(C)C1CCN(C(=O)C2(Cc3ccc(OCc4cc(-c5ccccc5)nc5ccccc45)cc3)CC2C(=O)NO)C1. The van der Waals surface area contributed by atoms with Gasteiger partial charge >= 0.3 is 0 Å². The zero-order chi connectivity index (χ0) is 29.3. The summed E-state index contributed by atoms with van der Waals surface area (Å²) in [7, 11) is 4.05. The quantitative estimate of drug-likeness (QED) is 0.226. The smallest absolute Gasteiger partial charge is 0.247 e. The van der Waals surface area contributed by atoms with Gasteiger partial charge in [0, 0.05) is 35.6 Å². The molecule has 3 aromatic carbocycles. The molecule has 2 aliphatic rings. The summed E-state index contributed by atoms with van der Waals surface area (Å²) in [6, 6.07) is 28.3. The van der Waals surface area contributed by atoms with Crippen LogP contribution in [0.4, 0.5) is 0 Å². The average molecular weight is 565 g/mol. The van der Waals surface area contributed by atoms with E-state index in [1.807, 2.05) is 79.7 Å². The lowest BCUT2D eigenvalue weighted by Gasteiger charge is -2.25. The number of carbonyl (C=O) groups is 2. The summed E-state index contributed by atoms with van der Waals surface area (Å²) in [5.74, 6) is -0.316. The fraction of sp³-hybridized carbons (Fsp3) is 0.324. The number of nitrogens with one attached hydrogen (secondary N) is 1. The number of nitrogens with zero attached hydrogens (tertiary/aromatic N) is 3. The minimum Gasteiger partial charge on any atom is -0.489 e. The number of hydrogen-bond donors (Lipinski definition) is 2. The molecule has 8 heteroatoms. The zero-order valence-corrected chi connectivity index (χ0v) is 24.0. The van der Waals surface area contributed by atoms with Crippen LogP contribution in [-0.2, 0) is 22.6 Å². The largest absolute Gasteiger partial charge is 0.489 e. The molecule has 2 heterocycles. The fourth-order valence-corrected chi connectivity index (χ4v) is 6.25. The van der Waals surface area contributed by atoms with Crippen LogP contribution < -0.4 is 10.2 Å². The van der Waals surface area contributed by atoms with Crippen molar-refractivity contribution in [2.45, 2.75) is 31.9 Å². The molecule has 42 heavy (non-hydrogen) atoms. The molecule has 8 nitrogen and oxygen atoms in total. The van der Waals surface area contributed by atoms with Crippen molar-refractivity contribution in [3.63, 3.8) is 0 Å². The maximum atomic E-state index is 13.7. The Morgan fingerprint density at radius 2 is 1.79 bits per heavy atom. The minimum atomic E-state index is -0.833. The summed E-state index contributed by atoms with van der Waals surface area (Å²) in [6.45, 7) is 1.72. The maximum Gasteiger partial charge on any atom is 0.247 e. The summed E-state index contributed by atoms with van der Waals surface area (Å²) in [5.41, 5.74) is 5.81. The van der Waals surface area contributed by atoms with Gasteiger partial charge in [0.25, 0.3) is 0 Å². The normalized spacial score (nSPS) is 21.5. The highest BCUT2D eigenvalue weighted by Gasteiger charge is 2.64. The molecule has 2 amide bonds. The number of benzene rings is 3. The number of carbonyl (C=O) groups excluding carboxylic acids is 2. The average Bonchev–Trinajstić information content (AvgIpc) is 3.52. The summed E-state index contributed by atoms with van der Waals surface area (Å²) in [5, 5.41) is 10.3. The molecule has 3 unspecified atom stereocenters. The lowest BCUT2D eigenvalue weighted by Crippen LogP contribution is -2.41. The molecule has 1 saturated carbocycles. The third-order valence-electron chi connectivity index (χ3n) is 8.82. The van der Waals surface area contributed by atoms with E-state index in [2.05, 4.69) is 29.2 Å². The molecule has 1 aromatic heterocycles. The van der Waals surface area contributed by atoms with Gasteiger partial charge in [-0.2, -0.15) is 0 Å². The van der Waals surface area contributed by atoms with Crippen LogP contribution in [-0.4, -0.2) is 65.0 Å². The van der Waals surface area contributed by atoms with E-state index >= 15 is 0 Å². The van der Waals surface area contributed by atoms with Gasteiger partial charge in [-0.1, -0.05) is 60.7 Å². The molecular weight excluding hydrogens is 528 g/mol. The summed E-state index contributed by atoms with van der Waals surface area (Å²) in [6.07, 6.45) is 1.78. The molecule has 0 bridgehead atoms. The summed E-state index contributed by atoms with van der Waals surface area (Å²) in [4.78, 5) is 35.0. The van der Waals surface area contributed by atoms with E-state index in [1.165, 1.54) is 0 Å². The van der Waals surface area contributed by atoms with Crippen molar-refractivity contribution >= 4 is 22.7 Å². The molecule has 0 radical (unpaired) electrons. The van der Waals surface area contributed by atoms with Crippen molar-refractivity contribution in [1.82, 2.24) is 20.3 Å². The summed E-state index contributed by atoms with van der Waals surface area (Å²) < 4.78 is 6.23. The Bertz CT molecular complexity index is 1590. The Balaban J connectivity index is 1.17. The second kappa shape index (κ2) is 11.5. The number of ether oxygens (including phenoxy) is 1. The molecule has 1 aliphatic heterocycles. The Morgan fingerprint density at radius 3 is 2.50 bits per heavy atom. The van der Waals surface area contributed by atoms with E-state index in [0.717, 1.165) is 45.5 Å². The van der Waals surface area contributed by atoms with Gasteiger partial charge < -0.3 is 14.5 Å². The molecule has 1 saturated heterocycles. The number of aromatic nitrogens is 1. The number of likely N-dealkylation sites (tertiary alicyclic amines) is 1. The van der Waals surface area contributed by atoms with E-state index in [0.29, 0.717) is 38.6 Å². The van der Waals surface area contributed by atoms with Gasteiger partial charge in [-0.25, -0.2) is 10.5 Å². The van der Waals surface area contributed by atoms with Gasteiger partial charge in [-0.3, -0.25) is 14.8 Å². The molecule has 3 atom stereocenters. The van der Waals surface area contributed by atoms with Crippen molar-refractivity contribution in [2.75, 3.05) is 27.2 Å². The number of fused-ring (bicyclic) bond motifs is 1. The van der Waals surface area contributed by atoms with Crippen LogP contribution in [0, 0.1) is 11.3 Å². The number of hydrogen-bond acceptors (Lipinski definition) is 6. The highest BCUT2D eigenvalue weighted by Crippen LogP contribution is 2.56. The van der Waals surface area contributed by atoms with Crippen LogP contribution in [0.2, 0.25) is 0 Å². The Labute approximate surface area is 245 Å². The standard InChI is InChI=1S/C34H36N4O4/c1-37(2)26-16-17-38(21-26)33(40)34(20-29(34)32(39)36-41)19-23-12-14-27(15-13-23)42-22-25-18-31(24-8-4-3-5-9-24)35-30-11-7-6-10-28(25)30/h3-15,18,26,29,41H,16-17,19-22H2,1-2H3,(H,36,39). The van der Waals surface area contributed by atoms with Crippen molar-refractivity contribution in [1.29, 1.82) is 0 Å². The van der Waals surface area contributed by atoms with Gasteiger partial charge in [-0.05, 0) is 63.2 Å². The van der Waals surface area contributed by atoms with Crippen LogP contribution in [0.25, 0.3) is 22.2 Å². The number of para-hydroxylation sites is 1. The first kappa shape index (κ1) is 27.9. The third-order valence-corrected chi connectivity index (χ3v) is 8.82. The lowest BCUT2D eigenvalue weighted by molar-refractivity contribution is -0.140. The lowest BCUT2D eigenvalue weighted by atomic mass is 9.92. The van der Waals surface area contributed by atoms with Crippen molar-refractivity contribution < 1.29 is 19.5 Å². The number of likely N-dealkylation sites (N-methyl/N-ethyl adjacent to an activating group) is 1. The van der Waals surface area contributed by atoms with Crippen LogP contribution in [0.1, 0.15) is 24.0 Å². The zero-order valence-electron chi connectivity index (χ0n) is 24.0. The molecule has 0 spiro atoms. The van der Waals surface area contributed by atoms with Crippen LogP contribution in [0.5, 0.6) is 5.75 Å². The fourth-order valence-electron chi connectivity index (χ4n) is 6.25. The highest BCUT2D eigenvalue weighted by atomic mass is 16.5. The van der Waals surface area contributed by atoms with Crippen LogP contribution in [0.3, 0.4) is 0 Å². The van der Waals surface area contributed by atoms with Gasteiger partial charge in [-0.15, -0.1) is 0 Å². The molecule has 4 aromatic rings. The van der Waals surface area contributed by atoms with Gasteiger partial charge in [0.2, 0.25) is 11.8 Å². The first-order valence-corrected chi connectivity index (χ1v) is 14.4. The Kier molecular flexibility index (Phi) is 7.66. The number of hydroxylamine groups is 1. The van der Waals surface area contributed by atoms with Crippen molar-refractivity contribution in [3.8, 4) is 17.0 Å². The number of rotatable bonds is 9. The maximum absolute atomic E-state index is 13.7. The first-order valence-electron chi connectivity index (χ1n) is 14.4. The van der Waals surface area contributed by atoms with Crippen LogP contribution >= 0.6 is 0 Å². The predicted octanol–water partition coefficient (Wildman–Crippen LogP) is 4.70. The molecule has 2 fully saturated rings. The second-order valence-corrected chi connectivity index (χ2v) is 11.7. The van der Waals surface area contributed by atoms with Gasteiger partial charge in [0.05, 0.1) is 22.5 Å². The molecule has 6 rings (SSSR count). The minimum absolute atomic E-state index is 0.000406. The van der Waals surface area contributed by atoms with E-state index in [9.17, 15) is 14.8 Å².